The Bertz CT molecular complexity index is 715. The number of para-hydroxylation sites is 1. The smallest absolute Gasteiger partial charge is 0.327 e. The van der Waals surface area contributed by atoms with Crippen LogP contribution in [0.1, 0.15) is 44.2 Å². The minimum Gasteiger partial charge on any atom is -0.480 e. The fraction of sp³-hybridized carbons (Fsp3) is 0.526. The number of anilines is 1. The van der Waals surface area contributed by atoms with Crippen LogP contribution in [0.4, 0.5) is 5.69 Å². The van der Waals surface area contributed by atoms with Crippen LogP contribution in [-0.2, 0) is 27.2 Å². The van der Waals surface area contributed by atoms with Crippen molar-refractivity contribution in [1.82, 2.24) is 5.32 Å². The van der Waals surface area contributed by atoms with Gasteiger partial charge in [0.05, 0.1) is 5.69 Å². The molecule has 2 N–H and O–H groups in total. The fourth-order valence-corrected chi connectivity index (χ4v) is 3.68. The lowest BCUT2D eigenvalue weighted by Crippen LogP contribution is -2.52. The van der Waals surface area contributed by atoms with Crippen molar-refractivity contribution < 1.29 is 19.5 Å². The standard InChI is InChI=1S/C19H24N2O4/c1-3-11(2)9-16(22)20-14-8-7-12-5-4-6-13-10-15(19(24)25)21(17(12)13)18(14)23/h4-6,11,14-15H,3,7-10H2,1-2H3,(H,20,22)(H,24,25). The zero-order chi connectivity index (χ0) is 18.1. The second-order valence-corrected chi connectivity index (χ2v) is 7.07. The maximum atomic E-state index is 13.0. The number of rotatable bonds is 5. The van der Waals surface area contributed by atoms with Gasteiger partial charge in [-0.25, -0.2) is 4.79 Å². The van der Waals surface area contributed by atoms with E-state index in [-0.39, 0.29) is 17.7 Å². The first-order chi connectivity index (χ1) is 11.9. The Kier molecular flexibility index (Phi) is 4.79. The topological polar surface area (TPSA) is 86.7 Å². The maximum Gasteiger partial charge on any atom is 0.327 e. The van der Waals surface area contributed by atoms with Gasteiger partial charge in [-0.05, 0) is 29.9 Å². The lowest BCUT2D eigenvalue weighted by atomic mass is 10.0. The summed E-state index contributed by atoms with van der Waals surface area (Å²) in [5.74, 6) is -1.22. The van der Waals surface area contributed by atoms with E-state index in [9.17, 15) is 19.5 Å². The highest BCUT2D eigenvalue weighted by atomic mass is 16.4. The number of carboxylic acid groups (broad SMARTS) is 1. The van der Waals surface area contributed by atoms with E-state index in [4.69, 9.17) is 0 Å². The van der Waals surface area contributed by atoms with Crippen molar-refractivity contribution in [3.8, 4) is 0 Å². The van der Waals surface area contributed by atoms with E-state index in [2.05, 4.69) is 5.32 Å². The van der Waals surface area contributed by atoms with E-state index in [0.717, 1.165) is 23.2 Å². The predicted molar refractivity (Wildman–Crippen MR) is 93.4 cm³/mol. The van der Waals surface area contributed by atoms with Crippen molar-refractivity contribution in [3.63, 3.8) is 0 Å². The van der Waals surface area contributed by atoms with Crippen LogP contribution in [0.5, 0.6) is 0 Å². The molecule has 2 aliphatic heterocycles. The van der Waals surface area contributed by atoms with Crippen molar-refractivity contribution in [1.29, 1.82) is 0 Å². The Morgan fingerprint density at radius 3 is 2.76 bits per heavy atom. The largest absolute Gasteiger partial charge is 0.480 e. The van der Waals surface area contributed by atoms with Gasteiger partial charge in [0.25, 0.3) is 0 Å². The van der Waals surface area contributed by atoms with Gasteiger partial charge in [-0.15, -0.1) is 0 Å². The number of aliphatic carboxylic acids is 1. The molecule has 2 amide bonds. The average Bonchev–Trinajstić information content (AvgIpc) is 2.91. The van der Waals surface area contributed by atoms with E-state index in [0.29, 0.717) is 25.7 Å². The minimum atomic E-state index is -1.01. The van der Waals surface area contributed by atoms with Gasteiger partial charge < -0.3 is 10.4 Å². The van der Waals surface area contributed by atoms with Crippen molar-refractivity contribution in [2.75, 3.05) is 4.90 Å². The molecule has 0 saturated carbocycles. The molecule has 0 saturated heterocycles. The summed E-state index contributed by atoms with van der Waals surface area (Å²) in [4.78, 5) is 38.3. The van der Waals surface area contributed by atoms with E-state index in [1.165, 1.54) is 4.90 Å². The maximum absolute atomic E-state index is 13.0. The second-order valence-electron chi connectivity index (χ2n) is 7.07. The molecule has 0 fully saturated rings. The van der Waals surface area contributed by atoms with Crippen LogP contribution in [0.25, 0.3) is 0 Å². The Labute approximate surface area is 147 Å². The third-order valence-corrected chi connectivity index (χ3v) is 5.26. The van der Waals surface area contributed by atoms with E-state index >= 15 is 0 Å². The summed E-state index contributed by atoms with van der Waals surface area (Å²) in [5, 5.41) is 12.4. The molecule has 3 unspecified atom stereocenters. The molecular weight excluding hydrogens is 320 g/mol. The molecule has 25 heavy (non-hydrogen) atoms. The van der Waals surface area contributed by atoms with Crippen molar-refractivity contribution >= 4 is 23.5 Å². The van der Waals surface area contributed by atoms with Crippen LogP contribution in [0.3, 0.4) is 0 Å². The first-order valence-electron chi connectivity index (χ1n) is 8.88. The first kappa shape index (κ1) is 17.5. The van der Waals surface area contributed by atoms with Crippen LogP contribution in [0.2, 0.25) is 0 Å². The Morgan fingerprint density at radius 2 is 2.08 bits per heavy atom. The van der Waals surface area contributed by atoms with Crippen molar-refractivity contribution in [3.05, 3.63) is 29.3 Å². The van der Waals surface area contributed by atoms with Gasteiger partial charge in [-0.2, -0.15) is 0 Å². The van der Waals surface area contributed by atoms with E-state index in [1.54, 1.807) is 0 Å². The molecule has 3 atom stereocenters. The SMILES string of the molecule is CCC(C)CC(=O)NC1CCc2cccc3c2N(C1=O)C(C(=O)O)C3. The quantitative estimate of drug-likeness (QED) is 0.854. The van der Waals surface area contributed by atoms with Gasteiger partial charge >= 0.3 is 5.97 Å². The summed E-state index contributed by atoms with van der Waals surface area (Å²) in [6, 6.07) is 4.16. The summed E-state index contributed by atoms with van der Waals surface area (Å²) < 4.78 is 0. The van der Waals surface area contributed by atoms with Crippen LogP contribution in [0, 0.1) is 5.92 Å². The van der Waals surface area contributed by atoms with Gasteiger partial charge in [0, 0.05) is 12.8 Å². The molecular formula is C19H24N2O4. The third kappa shape index (κ3) is 3.25. The molecule has 6 heteroatoms. The third-order valence-electron chi connectivity index (χ3n) is 5.26. The number of benzene rings is 1. The summed E-state index contributed by atoms with van der Waals surface area (Å²) in [5.41, 5.74) is 2.61. The van der Waals surface area contributed by atoms with Gasteiger partial charge in [-0.3, -0.25) is 14.5 Å². The van der Waals surface area contributed by atoms with Gasteiger partial charge in [-0.1, -0.05) is 38.5 Å². The summed E-state index contributed by atoms with van der Waals surface area (Å²) in [6.45, 7) is 4.02. The van der Waals surface area contributed by atoms with Crippen LogP contribution >= 0.6 is 0 Å². The van der Waals surface area contributed by atoms with E-state index in [1.807, 2.05) is 32.0 Å². The lowest BCUT2D eigenvalue weighted by Gasteiger charge is -2.26. The second kappa shape index (κ2) is 6.86. The number of hydrogen-bond acceptors (Lipinski definition) is 3. The summed E-state index contributed by atoms with van der Waals surface area (Å²) in [7, 11) is 0. The number of amides is 2. The number of carbonyl (C=O) groups is 3. The Morgan fingerprint density at radius 1 is 1.36 bits per heavy atom. The molecule has 3 rings (SSSR count). The highest BCUT2D eigenvalue weighted by Gasteiger charge is 2.43. The zero-order valence-electron chi connectivity index (χ0n) is 14.6. The number of aryl methyl sites for hydroxylation is 1. The van der Waals surface area contributed by atoms with Crippen molar-refractivity contribution in [2.45, 2.75) is 58.0 Å². The molecule has 6 nitrogen and oxygen atoms in total. The zero-order valence-corrected chi connectivity index (χ0v) is 14.6. The summed E-state index contributed by atoms with van der Waals surface area (Å²) >= 11 is 0. The molecule has 2 aliphatic rings. The molecule has 1 aromatic rings. The molecule has 0 aromatic heterocycles. The monoisotopic (exact) mass is 344 g/mol. The normalized spacial score (nSPS) is 23.0. The molecule has 0 aliphatic carbocycles. The molecule has 0 bridgehead atoms. The molecule has 0 spiro atoms. The van der Waals surface area contributed by atoms with Crippen LogP contribution in [0.15, 0.2) is 18.2 Å². The number of carboxylic acids is 1. The van der Waals surface area contributed by atoms with Crippen LogP contribution < -0.4 is 10.2 Å². The number of nitrogens with zero attached hydrogens (tertiary/aromatic N) is 1. The lowest BCUT2D eigenvalue weighted by molar-refractivity contribution is -0.140. The van der Waals surface area contributed by atoms with Gasteiger partial charge in [0.1, 0.15) is 12.1 Å². The highest BCUT2D eigenvalue weighted by molar-refractivity contribution is 6.06. The number of carbonyl (C=O) groups excluding carboxylic acids is 2. The minimum absolute atomic E-state index is 0.148. The average molecular weight is 344 g/mol. The van der Waals surface area contributed by atoms with Crippen LogP contribution in [-0.4, -0.2) is 35.0 Å². The molecule has 0 radical (unpaired) electrons. The summed E-state index contributed by atoms with van der Waals surface area (Å²) in [6.07, 6.45) is 2.73. The molecule has 1 aromatic carbocycles. The van der Waals surface area contributed by atoms with Gasteiger partial charge in [0.2, 0.25) is 11.8 Å². The first-order valence-corrected chi connectivity index (χ1v) is 8.88. The Hall–Kier alpha value is -2.37. The number of hydrogen-bond donors (Lipinski definition) is 2. The van der Waals surface area contributed by atoms with Gasteiger partial charge in [0.15, 0.2) is 0 Å². The fourth-order valence-electron chi connectivity index (χ4n) is 3.68. The highest BCUT2D eigenvalue weighted by Crippen LogP contribution is 2.39. The number of nitrogens with one attached hydrogen (secondary N) is 1. The predicted octanol–water partition coefficient (Wildman–Crippen LogP) is 1.90. The van der Waals surface area contributed by atoms with E-state index < -0.39 is 18.1 Å². The molecule has 2 heterocycles. The van der Waals surface area contributed by atoms with Crippen molar-refractivity contribution in [2.24, 2.45) is 5.92 Å². The Balaban J connectivity index is 1.86. The molecule has 134 valence electrons.